The third-order valence-electron chi connectivity index (χ3n) is 1.65. The van der Waals surface area contributed by atoms with Crippen LogP contribution in [-0.2, 0) is 0 Å². The van der Waals surface area contributed by atoms with Crippen molar-refractivity contribution >= 4 is 21.7 Å². The monoisotopic (exact) mass is 260 g/mol. The van der Waals surface area contributed by atoms with Gasteiger partial charge in [-0.2, -0.15) is 0 Å². The quantitative estimate of drug-likeness (QED) is 0.828. The SMILES string of the molecule is CN(C)CCNc1nc[nH]c(=O)c1Br. The number of rotatable bonds is 4. The van der Waals surface area contributed by atoms with Crippen LogP contribution in [0.5, 0.6) is 0 Å². The van der Waals surface area contributed by atoms with E-state index in [9.17, 15) is 4.79 Å². The van der Waals surface area contributed by atoms with Crippen LogP contribution in [0.4, 0.5) is 5.82 Å². The molecule has 1 heterocycles. The summed E-state index contributed by atoms with van der Waals surface area (Å²) in [6, 6.07) is 0. The van der Waals surface area contributed by atoms with Gasteiger partial charge in [-0.1, -0.05) is 0 Å². The summed E-state index contributed by atoms with van der Waals surface area (Å²) >= 11 is 3.17. The topological polar surface area (TPSA) is 61.0 Å². The fraction of sp³-hybridized carbons (Fsp3) is 0.500. The summed E-state index contributed by atoms with van der Waals surface area (Å²) in [5, 5.41) is 3.07. The Balaban J connectivity index is 2.59. The molecule has 0 saturated heterocycles. The summed E-state index contributed by atoms with van der Waals surface area (Å²) in [6.45, 7) is 1.64. The summed E-state index contributed by atoms with van der Waals surface area (Å²) in [4.78, 5) is 19.7. The van der Waals surface area contributed by atoms with Crippen molar-refractivity contribution < 1.29 is 0 Å². The fourth-order valence-corrected chi connectivity index (χ4v) is 1.26. The van der Waals surface area contributed by atoms with Gasteiger partial charge in [-0.15, -0.1) is 0 Å². The summed E-state index contributed by atoms with van der Waals surface area (Å²) in [7, 11) is 3.98. The van der Waals surface area contributed by atoms with Gasteiger partial charge in [0.1, 0.15) is 10.3 Å². The minimum atomic E-state index is -0.174. The zero-order valence-electron chi connectivity index (χ0n) is 8.17. The molecule has 0 saturated carbocycles. The molecule has 6 heteroatoms. The number of nitrogens with zero attached hydrogens (tertiary/aromatic N) is 2. The van der Waals surface area contributed by atoms with Gasteiger partial charge in [-0.05, 0) is 30.0 Å². The number of halogens is 1. The molecule has 0 fully saturated rings. The van der Waals surface area contributed by atoms with Crippen molar-refractivity contribution in [3.05, 3.63) is 21.2 Å². The molecule has 1 rings (SSSR count). The summed E-state index contributed by atoms with van der Waals surface area (Å²) in [5.74, 6) is 0.579. The third kappa shape index (κ3) is 3.12. The Labute approximate surface area is 90.7 Å². The predicted octanol–water partition coefficient (Wildman–Crippen LogP) is 0.506. The second-order valence-electron chi connectivity index (χ2n) is 3.12. The van der Waals surface area contributed by atoms with Crippen molar-refractivity contribution in [2.75, 3.05) is 32.5 Å². The van der Waals surface area contributed by atoms with E-state index in [0.717, 1.165) is 13.1 Å². The molecule has 78 valence electrons. The van der Waals surface area contributed by atoms with E-state index in [0.29, 0.717) is 10.3 Å². The van der Waals surface area contributed by atoms with Crippen molar-refractivity contribution in [1.29, 1.82) is 0 Å². The molecule has 0 aliphatic heterocycles. The number of likely N-dealkylation sites (N-methyl/N-ethyl adjacent to an activating group) is 1. The molecule has 0 radical (unpaired) electrons. The molecular weight excluding hydrogens is 248 g/mol. The van der Waals surface area contributed by atoms with Crippen LogP contribution >= 0.6 is 15.9 Å². The Bertz CT molecular complexity index is 349. The minimum absolute atomic E-state index is 0.174. The Morgan fingerprint density at radius 2 is 2.36 bits per heavy atom. The van der Waals surface area contributed by atoms with Gasteiger partial charge >= 0.3 is 0 Å². The van der Waals surface area contributed by atoms with Gasteiger partial charge < -0.3 is 15.2 Å². The highest BCUT2D eigenvalue weighted by molar-refractivity contribution is 9.10. The van der Waals surface area contributed by atoms with E-state index in [1.807, 2.05) is 19.0 Å². The van der Waals surface area contributed by atoms with Crippen molar-refractivity contribution in [1.82, 2.24) is 14.9 Å². The number of aromatic nitrogens is 2. The largest absolute Gasteiger partial charge is 0.368 e. The van der Waals surface area contributed by atoms with Crippen molar-refractivity contribution in [2.45, 2.75) is 0 Å². The molecule has 14 heavy (non-hydrogen) atoms. The van der Waals surface area contributed by atoms with E-state index >= 15 is 0 Å². The van der Waals surface area contributed by atoms with Crippen LogP contribution in [0, 0.1) is 0 Å². The predicted molar refractivity (Wildman–Crippen MR) is 59.6 cm³/mol. The molecule has 1 aromatic rings. The Hall–Kier alpha value is -0.880. The lowest BCUT2D eigenvalue weighted by Crippen LogP contribution is -2.22. The number of hydrogen-bond acceptors (Lipinski definition) is 4. The molecule has 0 aliphatic rings. The average molecular weight is 261 g/mol. The highest BCUT2D eigenvalue weighted by atomic mass is 79.9. The van der Waals surface area contributed by atoms with E-state index in [2.05, 4.69) is 31.2 Å². The zero-order chi connectivity index (χ0) is 10.6. The Morgan fingerprint density at radius 1 is 1.64 bits per heavy atom. The Morgan fingerprint density at radius 3 is 3.00 bits per heavy atom. The van der Waals surface area contributed by atoms with Gasteiger partial charge in [-0.25, -0.2) is 4.98 Å². The summed E-state index contributed by atoms with van der Waals surface area (Å²) in [5.41, 5.74) is -0.174. The molecule has 0 atom stereocenters. The van der Waals surface area contributed by atoms with E-state index in [4.69, 9.17) is 0 Å². The van der Waals surface area contributed by atoms with Crippen molar-refractivity contribution in [3.63, 3.8) is 0 Å². The number of aromatic amines is 1. The van der Waals surface area contributed by atoms with Crippen LogP contribution in [0.15, 0.2) is 15.6 Å². The van der Waals surface area contributed by atoms with E-state index in [1.165, 1.54) is 6.33 Å². The maximum absolute atomic E-state index is 11.1. The van der Waals surface area contributed by atoms with E-state index in [-0.39, 0.29) is 5.56 Å². The molecule has 0 unspecified atom stereocenters. The van der Waals surface area contributed by atoms with Crippen molar-refractivity contribution in [2.24, 2.45) is 0 Å². The molecule has 0 aromatic carbocycles. The Kier molecular flexibility index (Phi) is 4.09. The normalized spacial score (nSPS) is 10.6. The molecule has 0 spiro atoms. The second-order valence-corrected chi connectivity index (χ2v) is 3.92. The van der Waals surface area contributed by atoms with Crippen LogP contribution in [-0.4, -0.2) is 42.1 Å². The standard InChI is InChI=1S/C8H13BrN4O/c1-13(2)4-3-10-7-6(9)8(14)12-5-11-7/h5H,3-4H2,1-2H3,(H2,10,11,12,14). The van der Waals surface area contributed by atoms with Crippen molar-refractivity contribution in [3.8, 4) is 0 Å². The number of H-pyrrole nitrogens is 1. The first-order chi connectivity index (χ1) is 6.61. The highest BCUT2D eigenvalue weighted by Gasteiger charge is 2.03. The van der Waals surface area contributed by atoms with E-state index in [1.54, 1.807) is 0 Å². The number of hydrogen-bond donors (Lipinski definition) is 2. The molecule has 0 bridgehead atoms. The van der Waals surface area contributed by atoms with Crippen LogP contribution in [0.1, 0.15) is 0 Å². The van der Waals surface area contributed by atoms with Crippen LogP contribution in [0.2, 0.25) is 0 Å². The maximum atomic E-state index is 11.1. The number of nitrogens with one attached hydrogen (secondary N) is 2. The molecule has 2 N–H and O–H groups in total. The third-order valence-corrected chi connectivity index (χ3v) is 2.38. The lowest BCUT2D eigenvalue weighted by molar-refractivity contribution is 0.425. The van der Waals surface area contributed by atoms with Gasteiger partial charge in [0.2, 0.25) is 0 Å². The molecule has 1 aromatic heterocycles. The van der Waals surface area contributed by atoms with Gasteiger partial charge in [-0.3, -0.25) is 4.79 Å². The first-order valence-electron chi connectivity index (χ1n) is 4.23. The van der Waals surface area contributed by atoms with Gasteiger partial charge in [0.15, 0.2) is 0 Å². The van der Waals surface area contributed by atoms with Crippen LogP contribution in [0.25, 0.3) is 0 Å². The molecular formula is C8H13BrN4O. The fourth-order valence-electron chi connectivity index (χ4n) is 0.904. The first-order valence-corrected chi connectivity index (χ1v) is 5.02. The average Bonchev–Trinajstić information content (AvgIpc) is 2.12. The summed E-state index contributed by atoms with van der Waals surface area (Å²) in [6.07, 6.45) is 1.38. The molecule has 5 nitrogen and oxygen atoms in total. The highest BCUT2D eigenvalue weighted by Crippen LogP contribution is 2.12. The minimum Gasteiger partial charge on any atom is -0.368 e. The number of anilines is 1. The molecule has 0 aliphatic carbocycles. The lowest BCUT2D eigenvalue weighted by atomic mass is 10.5. The zero-order valence-corrected chi connectivity index (χ0v) is 9.76. The van der Waals surface area contributed by atoms with Gasteiger partial charge in [0.25, 0.3) is 5.56 Å². The van der Waals surface area contributed by atoms with Gasteiger partial charge in [0.05, 0.1) is 6.33 Å². The molecule has 0 amide bonds. The van der Waals surface area contributed by atoms with Crippen LogP contribution in [0.3, 0.4) is 0 Å². The maximum Gasteiger partial charge on any atom is 0.267 e. The van der Waals surface area contributed by atoms with E-state index < -0.39 is 0 Å². The smallest absolute Gasteiger partial charge is 0.267 e. The first kappa shape index (κ1) is 11.2. The van der Waals surface area contributed by atoms with Crippen LogP contribution < -0.4 is 10.9 Å². The second kappa shape index (κ2) is 5.11. The summed E-state index contributed by atoms with van der Waals surface area (Å²) < 4.78 is 0.443. The van der Waals surface area contributed by atoms with Gasteiger partial charge in [0, 0.05) is 13.1 Å². The lowest BCUT2D eigenvalue weighted by Gasteiger charge is -2.10.